The number of hydrogen-bond acceptors (Lipinski definition) is 5. The van der Waals surface area contributed by atoms with Crippen molar-refractivity contribution in [3.8, 4) is 16.2 Å². The number of ether oxygens (including phenoxy) is 2. The molecule has 0 N–H and O–H groups in total. The molecule has 0 spiro atoms. The summed E-state index contributed by atoms with van der Waals surface area (Å²) in [6.07, 6.45) is -4.42. The molecule has 3 aromatic rings. The first-order valence-electron chi connectivity index (χ1n) is 11.9. The summed E-state index contributed by atoms with van der Waals surface area (Å²) in [6.45, 7) is 7.09. The monoisotopic (exact) mass is 586 g/mol. The molecule has 3 rings (SSSR count). The number of aryl methyl sites for hydroxylation is 1. The number of ketones is 1. The lowest BCUT2D eigenvalue weighted by Crippen LogP contribution is -2.35. The van der Waals surface area contributed by atoms with E-state index in [1.165, 1.54) is 23.5 Å². The van der Waals surface area contributed by atoms with Gasteiger partial charge in [0.05, 0.1) is 15.5 Å². The molecule has 0 saturated carbocycles. The van der Waals surface area contributed by atoms with E-state index >= 15 is 0 Å². The van der Waals surface area contributed by atoms with Crippen molar-refractivity contribution < 1.29 is 32.2 Å². The molecular weight excluding hydrogens is 560 g/mol. The van der Waals surface area contributed by atoms with Crippen LogP contribution in [0.15, 0.2) is 48.5 Å². The first-order valence-corrected chi connectivity index (χ1v) is 13.4. The Kier molecular flexibility index (Phi) is 9.55. The maximum Gasteiger partial charge on any atom is 0.416 e. The Morgan fingerprint density at radius 2 is 1.61 bits per heavy atom. The molecule has 1 heterocycles. The van der Waals surface area contributed by atoms with Crippen LogP contribution in [0.4, 0.5) is 13.2 Å². The minimum absolute atomic E-state index is 0.128. The van der Waals surface area contributed by atoms with Crippen molar-refractivity contribution in [3.05, 3.63) is 74.6 Å². The van der Waals surface area contributed by atoms with Gasteiger partial charge >= 0.3 is 12.1 Å². The van der Waals surface area contributed by atoms with Gasteiger partial charge in [0, 0.05) is 11.3 Å². The molecule has 0 radical (unpaired) electrons. The third-order valence-corrected chi connectivity index (χ3v) is 7.51. The van der Waals surface area contributed by atoms with Crippen molar-refractivity contribution in [3.63, 3.8) is 0 Å². The molecule has 0 aliphatic heterocycles. The van der Waals surface area contributed by atoms with Crippen LogP contribution >= 0.6 is 34.5 Å². The highest BCUT2D eigenvalue weighted by molar-refractivity contribution is 7.17. The van der Waals surface area contributed by atoms with Gasteiger partial charge in [-0.05, 0) is 75.1 Å². The van der Waals surface area contributed by atoms with Gasteiger partial charge in [-0.2, -0.15) is 13.2 Å². The summed E-state index contributed by atoms with van der Waals surface area (Å²) in [5.74, 6) is -0.394. The highest BCUT2D eigenvalue weighted by Crippen LogP contribution is 2.37. The normalized spacial score (nSPS) is 12.8. The van der Waals surface area contributed by atoms with Crippen molar-refractivity contribution in [2.24, 2.45) is 0 Å². The topological polar surface area (TPSA) is 52.6 Å². The zero-order chi connectivity index (χ0) is 28.3. The van der Waals surface area contributed by atoms with Gasteiger partial charge in [-0.3, -0.25) is 4.79 Å². The van der Waals surface area contributed by atoms with Gasteiger partial charge < -0.3 is 9.47 Å². The molecular formula is C28H27Cl2F3O4S. The first kappa shape index (κ1) is 30.0. The lowest BCUT2D eigenvalue weighted by atomic mass is 10.1. The van der Waals surface area contributed by atoms with Crippen LogP contribution in [0, 0.1) is 0 Å². The molecule has 2 aromatic carbocycles. The Hall–Kier alpha value is -2.55. The second-order valence-corrected chi connectivity index (χ2v) is 11.4. The van der Waals surface area contributed by atoms with Crippen molar-refractivity contribution in [1.82, 2.24) is 0 Å². The third kappa shape index (κ3) is 7.74. The first-order chi connectivity index (χ1) is 17.7. The summed E-state index contributed by atoms with van der Waals surface area (Å²) in [5, 5.41) is 0.368. The molecule has 0 aliphatic carbocycles. The lowest BCUT2D eigenvalue weighted by Gasteiger charge is -2.24. The molecule has 38 heavy (non-hydrogen) atoms. The zero-order valence-corrected chi connectivity index (χ0v) is 23.6. The maximum atomic E-state index is 12.8. The second kappa shape index (κ2) is 12.1. The Bertz CT molecular complexity index is 1290. The van der Waals surface area contributed by atoms with Crippen LogP contribution in [0.1, 0.15) is 61.3 Å². The van der Waals surface area contributed by atoms with Crippen LogP contribution < -0.4 is 4.74 Å². The van der Waals surface area contributed by atoms with E-state index in [-0.39, 0.29) is 28.0 Å². The molecule has 0 saturated heterocycles. The molecule has 1 atom stereocenters. The quantitative estimate of drug-likeness (QED) is 0.185. The number of halogens is 5. The highest BCUT2D eigenvalue weighted by atomic mass is 35.5. The van der Waals surface area contributed by atoms with Gasteiger partial charge in [-0.15, -0.1) is 11.3 Å². The summed E-state index contributed by atoms with van der Waals surface area (Å²) in [5.41, 5.74) is -0.144. The Morgan fingerprint density at radius 1 is 0.947 bits per heavy atom. The van der Waals surface area contributed by atoms with E-state index in [4.69, 9.17) is 32.7 Å². The molecule has 0 fully saturated rings. The van der Waals surface area contributed by atoms with Gasteiger partial charge in [0.15, 0.2) is 11.9 Å². The van der Waals surface area contributed by atoms with E-state index in [9.17, 15) is 22.8 Å². The smallest absolute Gasteiger partial charge is 0.416 e. The van der Waals surface area contributed by atoms with E-state index in [0.717, 1.165) is 12.1 Å². The second-order valence-electron chi connectivity index (χ2n) is 9.56. The van der Waals surface area contributed by atoms with Gasteiger partial charge in [0.2, 0.25) is 0 Å². The Morgan fingerprint density at radius 3 is 2.18 bits per heavy atom. The number of rotatable bonds is 9. The molecule has 1 unspecified atom stereocenters. The molecule has 0 amide bonds. The number of benzene rings is 2. The van der Waals surface area contributed by atoms with Crippen LogP contribution in [0.25, 0.3) is 10.4 Å². The Balaban J connectivity index is 1.65. The van der Waals surface area contributed by atoms with Gasteiger partial charge in [-0.25, -0.2) is 4.79 Å². The molecule has 204 valence electrons. The summed E-state index contributed by atoms with van der Waals surface area (Å²) >= 11 is 14.1. The molecule has 0 bridgehead atoms. The van der Waals surface area contributed by atoms with Crippen LogP contribution in [-0.2, 0) is 22.1 Å². The zero-order valence-electron chi connectivity index (χ0n) is 21.2. The molecule has 1 aromatic heterocycles. The van der Waals surface area contributed by atoms with E-state index in [1.807, 2.05) is 0 Å². The van der Waals surface area contributed by atoms with Crippen LogP contribution in [0.2, 0.25) is 10.0 Å². The average molecular weight is 587 g/mol. The number of carbonyl (C=O) groups excluding carboxylic acids is 2. The molecule has 10 heteroatoms. The van der Waals surface area contributed by atoms with Crippen molar-refractivity contribution in [1.29, 1.82) is 0 Å². The number of carbonyl (C=O) groups is 2. The van der Waals surface area contributed by atoms with Crippen molar-refractivity contribution in [2.45, 2.75) is 64.8 Å². The van der Waals surface area contributed by atoms with E-state index in [2.05, 4.69) is 0 Å². The number of Topliss-reactive ketones (excluding diaryl/α,β-unsaturated/α-hetero) is 1. The third-order valence-electron chi connectivity index (χ3n) is 5.44. The highest BCUT2D eigenvalue weighted by Gasteiger charge is 2.30. The summed E-state index contributed by atoms with van der Waals surface area (Å²) in [7, 11) is 0. The average Bonchev–Trinajstić information content (AvgIpc) is 3.33. The summed E-state index contributed by atoms with van der Waals surface area (Å²) in [4.78, 5) is 26.4. The maximum absolute atomic E-state index is 12.8. The van der Waals surface area contributed by atoms with E-state index < -0.39 is 29.4 Å². The standard InChI is InChI=1S/C28H27Cl2F3O4S/c1-5-20(26(35)37-27(2,3)4)36-21-13-9-17(24(29)25(21)30)8-12-19(34)23-15-14-22(38-23)16-6-10-18(11-7-16)28(31,32)33/h6-7,9-11,13-15,20H,5,8,12H2,1-4H3. The molecule has 0 aliphatic rings. The largest absolute Gasteiger partial charge is 0.477 e. The van der Waals surface area contributed by atoms with Crippen LogP contribution in [-0.4, -0.2) is 23.5 Å². The predicted octanol–water partition coefficient (Wildman–Crippen LogP) is 9.06. The van der Waals surface area contributed by atoms with Gasteiger partial charge in [-0.1, -0.05) is 48.3 Å². The summed E-state index contributed by atoms with van der Waals surface area (Å²) in [6, 6.07) is 11.5. The van der Waals surface area contributed by atoms with Crippen LogP contribution in [0.5, 0.6) is 5.75 Å². The fourth-order valence-corrected chi connectivity index (χ4v) is 4.97. The lowest BCUT2D eigenvalue weighted by molar-refractivity contribution is -0.163. The van der Waals surface area contributed by atoms with Gasteiger partial charge in [0.1, 0.15) is 16.4 Å². The van der Waals surface area contributed by atoms with E-state index in [1.54, 1.807) is 52.0 Å². The van der Waals surface area contributed by atoms with E-state index in [0.29, 0.717) is 33.7 Å². The SMILES string of the molecule is CCC(Oc1ccc(CCC(=O)c2ccc(-c3ccc(C(F)(F)F)cc3)s2)c(Cl)c1Cl)C(=O)OC(C)(C)C. The number of thiophene rings is 1. The number of hydrogen-bond donors (Lipinski definition) is 0. The van der Waals surface area contributed by atoms with Crippen molar-refractivity contribution in [2.75, 3.05) is 0 Å². The fourth-order valence-electron chi connectivity index (χ4n) is 3.51. The minimum Gasteiger partial charge on any atom is -0.477 e. The molecule has 4 nitrogen and oxygen atoms in total. The van der Waals surface area contributed by atoms with Crippen LogP contribution in [0.3, 0.4) is 0 Å². The van der Waals surface area contributed by atoms with Gasteiger partial charge in [0.25, 0.3) is 0 Å². The minimum atomic E-state index is -4.40. The predicted molar refractivity (Wildman–Crippen MR) is 144 cm³/mol. The number of alkyl halides is 3. The fraction of sp³-hybridized carbons (Fsp3) is 0.357. The van der Waals surface area contributed by atoms with Crippen molar-refractivity contribution >= 4 is 46.3 Å². The Labute approximate surface area is 233 Å². The summed E-state index contributed by atoms with van der Waals surface area (Å²) < 4.78 is 49.6. The number of esters is 1.